The molecule has 0 amide bonds. The summed E-state index contributed by atoms with van der Waals surface area (Å²) in [5.41, 5.74) is 0.633. The molecule has 0 saturated carbocycles. The minimum absolute atomic E-state index is 0.153. The van der Waals surface area contributed by atoms with Crippen LogP contribution in [0.4, 0.5) is 19.0 Å². The summed E-state index contributed by atoms with van der Waals surface area (Å²) >= 11 is 0. The minimum Gasteiger partial charge on any atom is -0.389 e. The predicted octanol–water partition coefficient (Wildman–Crippen LogP) is 2.52. The molecule has 0 aromatic carbocycles. The molecule has 1 aromatic rings. The van der Waals surface area contributed by atoms with Crippen LogP contribution in [0.3, 0.4) is 0 Å². The van der Waals surface area contributed by atoms with Gasteiger partial charge in [-0.05, 0) is 24.6 Å². The van der Waals surface area contributed by atoms with Gasteiger partial charge in [0.05, 0.1) is 12.5 Å². The SMILES string of the molecule is C[C@H](O)c1ccnc(N(C)CCC(F)(F)F)c1. The Kier molecular flexibility index (Phi) is 4.34. The van der Waals surface area contributed by atoms with Crippen molar-refractivity contribution < 1.29 is 18.3 Å². The van der Waals surface area contributed by atoms with Crippen LogP contribution in [-0.4, -0.2) is 29.9 Å². The lowest BCUT2D eigenvalue weighted by Gasteiger charge is -2.19. The second kappa shape index (κ2) is 5.35. The zero-order chi connectivity index (χ0) is 13.1. The van der Waals surface area contributed by atoms with E-state index in [4.69, 9.17) is 0 Å². The van der Waals surface area contributed by atoms with Gasteiger partial charge in [0.2, 0.25) is 0 Å². The summed E-state index contributed by atoms with van der Waals surface area (Å²) < 4.78 is 36.2. The van der Waals surface area contributed by atoms with E-state index in [1.54, 1.807) is 26.1 Å². The van der Waals surface area contributed by atoms with Gasteiger partial charge >= 0.3 is 6.18 Å². The molecular weight excluding hydrogens is 233 g/mol. The van der Waals surface area contributed by atoms with Gasteiger partial charge in [0.1, 0.15) is 5.82 Å². The van der Waals surface area contributed by atoms with Gasteiger partial charge < -0.3 is 10.0 Å². The van der Waals surface area contributed by atoms with Crippen LogP contribution in [0.5, 0.6) is 0 Å². The summed E-state index contributed by atoms with van der Waals surface area (Å²) in [6.45, 7) is 1.44. The number of hydrogen-bond acceptors (Lipinski definition) is 3. The lowest BCUT2D eigenvalue weighted by atomic mass is 10.1. The summed E-state index contributed by atoms with van der Waals surface area (Å²) in [6, 6.07) is 3.22. The minimum atomic E-state index is -4.17. The first-order valence-corrected chi connectivity index (χ1v) is 5.21. The Morgan fingerprint density at radius 2 is 2.12 bits per heavy atom. The summed E-state index contributed by atoms with van der Waals surface area (Å²) in [6.07, 6.45) is -4.24. The fraction of sp³-hybridized carbons (Fsp3) is 0.545. The van der Waals surface area contributed by atoms with Crippen molar-refractivity contribution in [3.63, 3.8) is 0 Å². The highest BCUT2D eigenvalue weighted by atomic mass is 19.4. The molecule has 0 spiro atoms. The summed E-state index contributed by atoms with van der Waals surface area (Å²) in [7, 11) is 1.54. The highest BCUT2D eigenvalue weighted by molar-refractivity contribution is 5.40. The van der Waals surface area contributed by atoms with Crippen molar-refractivity contribution in [2.24, 2.45) is 0 Å². The van der Waals surface area contributed by atoms with Crippen molar-refractivity contribution in [2.75, 3.05) is 18.5 Å². The molecule has 0 radical (unpaired) electrons. The first-order chi connectivity index (χ1) is 7.79. The summed E-state index contributed by atoms with van der Waals surface area (Å²) in [5, 5.41) is 9.36. The standard InChI is InChI=1S/C11H15F3N2O/c1-8(17)9-3-5-15-10(7-9)16(2)6-4-11(12,13)14/h3,5,7-8,17H,4,6H2,1-2H3/t8-/m0/s1. The maximum atomic E-state index is 12.1. The molecule has 3 nitrogen and oxygen atoms in total. The van der Waals surface area contributed by atoms with Crippen LogP contribution < -0.4 is 4.90 Å². The molecule has 0 saturated heterocycles. The number of hydrogen-bond donors (Lipinski definition) is 1. The number of pyridine rings is 1. The number of halogens is 3. The molecule has 17 heavy (non-hydrogen) atoms. The van der Waals surface area contributed by atoms with Gasteiger partial charge in [-0.25, -0.2) is 4.98 Å². The van der Waals surface area contributed by atoms with Gasteiger partial charge in [0.25, 0.3) is 0 Å². The third-order valence-corrected chi connectivity index (χ3v) is 2.37. The second-order valence-corrected chi connectivity index (χ2v) is 3.91. The van der Waals surface area contributed by atoms with Crippen molar-refractivity contribution >= 4 is 5.82 Å². The Labute approximate surface area is 97.9 Å². The van der Waals surface area contributed by atoms with E-state index in [1.807, 2.05) is 0 Å². The number of aliphatic hydroxyl groups is 1. The Bertz CT molecular complexity index is 366. The molecule has 1 N–H and O–H groups in total. The van der Waals surface area contributed by atoms with Crippen LogP contribution in [0.1, 0.15) is 25.0 Å². The fourth-order valence-electron chi connectivity index (χ4n) is 1.31. The van der Waals surface area contributed by atoms with Gasteiger partial charge in [-0.1, -0.05) is 0 Å². The highest BCUT2D eigenvalue weighted by Crippen LogP contribution is 2.22. The quantitative estimate of drug-likeness (QED) is 0.889. The number of aliphatic hydroxyl groups excluding tert-OH is 1. The molecular formula is C11H15F3N2O. The number of rotatable bonds is 4. The first kappa shape index (κ1) is 13.8. The molecule has 0 unspecified atom stereocenters. The lowest BCUT2D eigenvalue weighted by Crippen LogP contribution is -2.24. The molecule has 1 aromatic heterocycles. The second-order valence-electron chi connectivity index (χ2n) is 3.91. The molecule has 1 heterocycles. The number of anilines is 1. The molecule has 0 bridgehead atoms. The van der Waals surface area contributed by atoms with Gasteiger partial charge in [0, 0.05) is 19.8 Å². The predicted molar refractivity (Wildman–Crippen MR) is 58.8 cm³/mol. The zero-order valence-electron chi connectivity index (χ0n) is 9.70. The summed E-state index contributed by atoms with van der Waals surface area (Å²) in [4.78, 5) is 5.39. The Hall–Kier alpha value is -1.30. The molecule has 0 aliphatic heterocycles. The molecule has 0 aliphatic rings. The normalized spacial score (nSPS) is 13.5. The largest absolute Gasteiger partial charge is 0.390 e. The van der Waals surface area contributed by atoms with Gasteiger partial charge in [-0.15, -0.1) is 0 Å². The zero-order valence-corrected chi connectivity index (χ0v) is 9.70. The molecule has 0 fully saturated rings. The topological polar surface area (TPSA) is 36.4 Å². The Balaban J connectivity index is 2.69. The van der Waals surface area contributed by atoms with Gasteiger partial charge in [0.15, 0.2) is 0 Å². The van der Waals surface area contributed by atoms with Crippen LogP contribution in [0.2, 0.25) is 0 Å². The molecule has 0 aliphatic carbocycles. The van der Waals surface area contributed by atoms with Crippen LogP contribution in [-0.2, 0) is 0 Å². The summed E-state index contributed by atoms with van der Waals surface area (Å²) in [5.74, 6) is 0.424. The van der Waals surface area contributed by atoms with E-state index in [0.29, 0.717) is 11.4 Å². The average Bonchev–Trinajstić information content (AvgIpc) is 2.25. The third kappa shape index (κ3) is 4.60. The maximum absolute atomic E-state index is 12.1. The first-order valence-electron chi connectivity index (χ1n) is 5.21. The number of alkyl halides is 3. The van der Waals surface area contributed by atoms with E-state index >= 15 is 0 Å². The van der Waals surface area contributed by atoms with E-state index < -0.39 is 18.7 Å². The molecule has 1 atom stereocenters. The van der Waals surface area contributed by atoms with Crippen molar-refractivity contribution in [1.82, 2.24) is 4.98 Å². The number of nitrogens with zero attached hydrogens (tertiary/aromatic N) is 2. The van der Waals surface area contributed by atoms with Crippen molar-refractivity contribution in [3.05, 3.63) is 23.9 Å². The molecule has 96 valence electrons. The van der Waals surface area contributed by atoms with E-state index in [-0.39, 0.29) is 6.54 Å². The van der Waals surface area contributed by atoms with Crippen molar-refractivity contribution in [1.29, 1.82) is 0 Å². The Morgan fingerprint density at radius 3 is 2.65 bits per heavy atom. The van der Waals surface area contributed by atoms with E-state index in [2.05, 4.69) is 4.98 Å². The monoisotopic (exact) mass is 248 g/mol. The lowest BCUT2D eigenvalue weighted by molar-refractivity contribution is -0.132. The maximum Gasteiger partial charge on any atom is 0.390 e. The highest BCUT2D eigenvalue weighted by Gasteiger charge is 2.27. The fourth-order valence-corrected chi connectivity index (χ4v) is 1.31. The van der Waals surface area contributed by atoms with Gasteiger partial charge in [-0.3, -0.25) is 0 Å². The Morgan fingerprint density at radius 1 is 1.47 bits per heavy atom. The third-order valence-electron chi connectivity index (χ3n) is 2.37. The van der Waals surface area contributed by atoms with Crippen molar-refractivity contribution in [2.45, 2.75) is 25.6 Å². The smallest absolute Gasteiger partial charge is 0.389 e. The van der Waals surface area contributed by atoms with Crippen LogP contribution in [0, 0.1) is 0 Å². The number of aromatic nitrogens is 1. The molecule has 6 heteroatoms. The van der Waals surface area contributed by atoms with Crippen LogP contribution >= 0.6 is 0 Å². The van der Waals surface area contributed by atoms with Crippen LogP contribution in [0.15, 0.2) is 18.3 Å². The van der Waals surface area contributed by atoms with Crippen molar-refractivity contribution in [3.8, 4) is 0 Å². The van der Waals surface area contributed by atoms with E-state index in [9.17, 15) is 18.3 Å². The molecule has 1 rings (SSSR count). The van der Waals surface area contributed by atoms with Gasteiger partial charge in [-0.2, -0.15) is 13.2 Å². The van der Waals surface area contributed by atoms with E-state index in [0.717, 1.165) is 0 Å². The van der Waals surface area contributed by atoms with E-state index in [1.165, 1.54) is 11.1 Å². The van der Waals surface area contributed by atoms with Crippen LogP contribution in [0.25, 0.3) is 0 Å². The average molecular weight is 248 g/mol.